The van der Waals surface area contributed by atoms with Gasteiger partial charge < -0.3 is 0 Å². The van der Waals surface area contributed by atoms with E-state index in [-0.39, 0.29) is 5.78 Å². The zero-order chi connectivity index (χ0) is 9.14. The lowest BCUT2D eigenvalue weighted by atomic mass is 10.2. The fraction of sp³-hybridized carbons (Fsp3) is 0.222. The number of benzene rings is 1. The summed E-state index contributed by atoms with van der Waals surface area (Å²) in [5.74, 6) is 0.103. The van der Waals surface area contributed by atoms with E-state index < -0.39 is 0 Å². The van der Waals surface area contributed by atoms with Crippen LogP contribution in [0.5, 0.6) is 0 Å². The van der Waals surface area contributed by atoms with Crippen molar-refractivity contribution in [1.82, 2.24) is 0 Å². The largest absolute Gasteiger partial charge is 0.295 e. The zero-order valence-corrected chi connectivity index (χ0v) is 9.33. The zero-order valence-electron chi connectivity index (χ0n) is 6.93. The average molecular weight is 245 g/mol. The van der Waals surface area contributed by atoms with Crippen LogP contribution in [0.15, 0.2) is 27.6 Å². The molecule has 0 saturated carbocycles. The first-order valence-corrected chi connectivity index (χ1v) is 5.51. The summed E-state index contributed by atoms with van der Waals surface area (Å²) in [6, 6.07) is 5.73. The Balaban J connectivity index is 3.15. The van der Waals surface area contributed by atoms with Crippen molar-refractivity contribution >= 4 is 33.5 Å². The van der Waals surface area contributed by atoms with E-state index in [0.717, 1.165) is 14.9 Å². The standard InChI is InChI=1S/C9H9BrOS/c1-6(11)7-3-8(10)5-9(4-7)12-2/h3-5H,1-2H3. The summed E-state index contributed by atoms with van der Waals surface area (Å²) < 4.78 is 0.958. The third kappa shape index (κ3) is 2.35. The SMILES string of the molecule is CSc1cc(Br)cc(C(C)=O)c1. The number of thioether (sulfide) groups is 1. The number of Topliss-reactive ketones (excluding diaryl/α,β-unsaturated/α-hetero) is 1. The lowest BCUT2D eigenvalue weighted by Gasteiger charge is -2.00. The first kappa shape index (κ1) is 9.81. The van der Waals surface area contributed by atoms with Gasteiger partial charge in [-0.2, -0.15) is 0 Å². The lowest BCUT2D eigenvalue weighted by molar-refractivity contribution is 0.101. The Hall–Kier alpha value is -0.280. The second-order valence-corrected chi connectivity index (χ2v) is 4.23. The second kappa shape index (κ2) is 4.10. The van der Waals surface area contributed by atoms with Crippen LogP contribution in [-0.2, 0) is 0 Å². The fourth-order valence-corrected chi connectivity index (χ4v) is 2.02. The van der Waals surface area contributed by atoms with Gasteiger partial charge in [-0.25, -0.2) is 0 Å². The van der Waals surface area contributed by atoms with Crippen LogP contribution in [0, 0.1) is 0 Å². The highest BCUT2D eigenvalue weighted by atomic mass is 79.9. The fourth-order valence-electron chi connectivity index (χ4n) is 0.884. The van der Waals surface area contributed by atoms with E-state index in [0.29, 0.717) is 0 Å². The van der Waals surface area contributed by atoms with Gasteiger partial charge in [0.1, 0.15) is 0 Å². The number of hydrogen-bond acceptors (Lipinski definition) is 2. The topological polar surface area (TPSA) is 17.1 Å². The van der Waals surface area contributed by atoms with Crippen LogP contribution in [0.3, 0.4) is 0 Å². The summed E-state index contributed by atoms with van der Waals surface area (Å²) in [5.41, 5.74) is 0.758. The number of carbonyl (C=O) groups is 1. The maximum atomic E-state index is 11.0. The molecule has 1 aromatic carbocycles. The van der Waals surface area contributed by atoms with Crippen LogP contribution < -0.4 is 0 Å². The third-order valence-corrected chi connectivity index (χ3v) is 2.68. The van der Waals surface area contributed by atoms with Crippen molar-refractivity contribution in [1.29, 1.82) is 0 Å². The van der Waals surface area contributed by atoms with E-state index in [9.17, 15) is 4.79 Å². The Kier molecular flexibility index (Phi) is 3.35. The van der Waals surface area contributed by atoms with Gasteiger partial charge in [0.05, 0.1) is 0 Å². The van der Waals surface area contributed by atoms with Crippen LogP contribution in [0.1, 0.15) is 17.3 Å². The average Bonchev–Trinajstić information content (AvgIpc) is 2.03. The predicted octanol–water partition coefficient (Wildman–Crippen LogP) is 3.37. The quantitative estimate of drug-likeness (QED) is 0.587. The van der Waals surface area contributed by atoms with Gasteiger partial charge in [-0.05, 0) is 31.4 Å². The van der Waals surface area contributed by atoms with Crippen molar-refractivity contribution in [3.8, 4) is 0 Å². The van der Waals surface area contributed by atoms with Crippen molar-refractivity contribution < 1.29 is 4.79 Å². The molecule has 0 aliphatic carbocycles. The lowest BCUT2D eigenvalue weighted by Crippen LogP contribution is -1.91. The second-order valence-electron chi connectivity index (χ2n) is 2.44. The number of hydrogen-bond donors (Lipinski definition) is 0. The maximum absolute atomic E-state index is 11.0. The highest BCUT2D eigenvalue weighted by Gasteiger charge is 2.02. The van der Waals surface area contributed by atoms with Gasteiger partial charge >= 0.3 is 0 Å². The molecule has 0 amide bonds. The highest BCUT2D eigenvalue weighted by Crippen LogP contribution is 2.22. The summed E-state index contributed by atoms with van der Waals surface area (Å²) in [6.07, 6.45) is 1.99. The summed E-state index contributed by atoms with van der Waals surface area (Å²) >= 11 is 4.99. The van der Waals surface area contributed by atoms with Gasteiger partial charge in [0, 0.05) is 14.9 Å². The molecule has 64 valence electrons. The molecule has 0 aliphatic rings. The van der Waals surface area contributed by atoms with Crippen LogP contribution in [-0.4, -0.2) is 12.0 Å². The van der Waals surface area contributed by atoms with Crippen molar-refractivity contribution in [2.45, 2.75) is 11.8 Å². The van der Waals surface area contributed by atoms with Crippen LogP contribution in [0.25, 0.3) is 0 Å². The maximum Gasteiger partial charge on any atom is 0.159 e. The third-order valence-electron chi connectivity index (χ3n) is 1.51. The van der Waals surface area contributed by atoms with Gasteiger partial charge in [-0.3, -0.25) is 4.79 Å². The van der Waals surface area contributed by atoms with E-state index in [1.807, 2.05) is 24.5 Å². The molecule has 0 heterocycles. The van der Waals surface area contributed by atoms with Crippen molar-refractivity contribution in [3.63, 3.8) is 0 Å². The Bertz CT molecular complexity index is 309. The van der Waals surface area contributed by atoms with Crippen LogP contribution >= 0.6 is 27.7 Å². The van der Waals surface area contributed by atoms with Gasteiger partial charge in [-0.1, -0.05) is 15.9 Å². The van der Waals surface area contributed by atoms with E-state index in [1.165, 1.54) is 0 Å². The monoisotopic (exact) mass is 244 g/mol. The van der Waals surface area contributed by atoms with Crippen LogP contribution in [0.2, 0.25) is 0 Å². The Morgan fingerprint density at radius 2 is 2.08 bits per heavy atom. The molecular weight excluding hydrogens is 236 g/mol. The molecule has 0 fully saturated rings. The van der Waals surface area contributed by atoms with Crippen LogP contribution in [0.4, 0.5) is 0 Å². The van der Waals surface area contributed by atoms with Crippen molar-refractivity contribution in [2.24, 2.45) is 0 Å². The summed E-state index contributed by atoms with van der Waals surface area (Å²) in [6.45, 7) is 1.58. The molecule has 0 atom stereocenters. The molecule has 0 aromatic heterocycles. The van der Waals surface area contributed by atoms with Gasteiger partial charge in [0.15, 0.2) is 5.78 Å². The molecule has 0 N–H and O–H groups in total. The minimum atomic E-state index is 0.103. The molecule has 1 rings (SSSR count). The molecule has 0 radical (unpaired) electrons. The molecule has 3 heteroatoms. The first-order valence-electron chi connectivity index (χ1n) is 3.49. The predicted molar refractivity (Wildman–Crippen MR) is 55.9 cm³/mol. The van der Waals surface area contributed by atoms with E-state index in [4.69, 9.17) is 0 Å². The Morgan fingerprint density at radius 3 is 2.58 bits per heavy atom. The molecule has 1 nitrogen and oxygen atoms in total. The minimum absolute atomic E-state index is 0.103. The molecule has 1 aromatic rings. The van der Waals surface area contributed by atoms with Gasteiger partial charge in [0.2, 0.25) is 0 Å². The minimum Gasteiger partial charge on any atom is -0.295 e. The normalized spacial score (nSPS) is 9.92. The molecule has 0 saturated heterocycles. The first-order chi connectivity index (χ1) is 5.63. The summed E-state index contributed by atoms with van der Waals surface area (Å²) in [4.78, 5) is 12.1. The molecular formula is C9H9BrOS. The number of halogens is 1. The van der Waals surface area contributed by atoms with E-state index in [1.54, 1.807) is 18.7 Å². The molecule has 0 aliphatic heterocycles. The van der Waals surface area contributed by atoms with Gasteiger partial charge in [-0.15, -0.1) is 11.8 Å². The summed E-state index contributed by atoms with van der Waals surface area (Å²) in [5, 5.41) is 0. The number of ketones is 1. The summed E-state index contributed by atoms with van der Waals surface area (Å²) in [7, 11) is 0. The van der Waals surface area contributed by atoms with Gasteiger partial charge in [0.25, 0.3) is 0 Å². The molecule has 12 heavy (non-hydrogen) atoms. The van der Waals surface area contributed by atoms with E-state index >= 15 is 0 Å². The smallest absolute Gasteiger partial charge is 0.159 e. The molecule has 0 unspecified atom stereocenters. The highest BCUT2D eigenvalue weighted by molar-refractivity contribution is 9.10. The van der Waals surface area contributed by atoms with Crippen molar-refractivity contribution in [3.05, 3.63) is 28.2 Å². The Labute approximate surface area is 84.7 Å². The number of rotatable bonds is 2. The molecule has 0 bridgehead atoms. The van der Waals surface area contributed by atoms with Crippen molar-refractivity contribution in [2.75, 3.05) is 6.26 Å². The Morgan fingerprint density at radius 1 is 1.42 bits per heavy atom. The molecule has 0 spiro atoms. The number of carbonyl (C=O) groups excluding carboxylic acids is 1. The van der Waals surface area contributed by atoms with E-state index in [2.05, 4.69) is 15.9 Å².